The van der Waals surface area contributed by atoms with Crippen molar-refractivity contribution in [2.75, 3.05) is 18.2 Å². The van der Waals surface area contributed by atoms with Gasteiger partial charge in [0.2, 0.25) is 10.0 Å². The number of unbranched alkanes of at least 4 members (excludes halogenated alkanes) is 3. The fraction of sp³-hybridized carbons (Fsp3) is 0.571. The number of aryl methyl sites for hydroxylation is 1. The molecule has 108 valence electrons. The summed E-state index contributed by atoms with van der Waals surface area (Å²) in [6, 6.07) is 9.67. The Balaban J connectivity index is 2.17. The zero-order valence-corrected chi connectivity index (χ0v) is 12.7. The Labute approximate surface area is 121 Å². The van der Waals surface area contributed by atoms with Gasteiger partial charge in [-0.15, -0.1) is 11.6 Å². The molecule has 5 heteroatoms. The maximum absolute atomic E-state index is 11.8. The maximum Gasteiger partial charge on any atom is 0.211 e. The number of nitrogens with one attached hydrogen (secondary N) is 1. The minimum atomic E-state index is -3.15. The highest BCUT2D eigenvalue weighted by molar-refractivity contribution is 7.89. The Kier molecular flexibility index (Phi) is 8.10. The number of halogens is 1. The molecule has 1 aromatic rings. The van der Waals surface area contributed by atoms with Crippen LogP contribution in [0.25, 0.3) is 0 Å². The standard InChI is InChI=1S/C14H22ClNO2S/c15-11-6-1-2-7-12-16-19(17,18)13-10-14-8-4-3-5-9-14/h3-5,8-9,16H,1-2,6-7,10-13H2. The number of hydrogen-bond donors (Lipinski definition) is 1. The molecule has 1 aromatic carbocycles. The first kappa shape index (κ1) is 16.5. The molecule has 0 unspecified atom stereocenters. The van der Waals surface area contributed by atoms with Crippen molar-refractivity contribution in [1.82, 2.24) is 4.72 Å². The van der Waals surface area contributed by atoms with E-state index < -0.39 is 10.0 Å². The summed E-state index contributed by atoms with van der Waals surface area (Å²) in [4.78, 5) is 0. The summed E-state index contributed by atoms with van der Waals surface area (Å²) in [5.74, 6) is 0.835. The molecule has 0 atom stereocenters. The highest BCUT2D eigenvalue weighted by Gasteiger charge is 2.09. The van der Waals surface area contributed by atoms with Gasteiger partial charge in [-0.2, -0.15) is 0 Å². The lowest BCUT2D eigenvalue weighted by Crippen LogP contribution is -2.28. The summed E-state index contributed by atoms with van der Waals surface area (Å²) in [5, 5.41) is 0. The van der Waals surface area contributed by atoms with E-state index in [2.05, 4.69) is 4.72 Å². The molecule has 0 fully saturated rings. The van der Waals surface area contributed by atoms with Crippen LogP contribution in [0, 0.1) is 0 Å². The lowest BCUT2D eigenvalue weighted by atomic mass is 10.2. The van der Waals surface area contributed by atoms with Crippen molar-refractivity contribution < 1.29 is 8.42 Å². The Hall–Kier alpha value is -0.580. The van der Waals surface area contributed by atoms with Gasteiger partial charge >= 0.3 is 0 Å². The monoisotopic (exact) mass is 303 g/mol. The summed E-state index contributed by atoms with van der Waals surface area (Å²) in [7, 11) is -3.15. The van der Waals surface area contributed by atoms with Gasteiger partial charge in [-0.1, -0.05) is 43.2 Å². The van der Waals surface area contributed by atoms with Crippen LogP contribution in [0.3, 0.4) is 0 Å². The molecule has 19 heavy (non-hydrogen) atoms. The van der Waals surface area contributed by atoms with Crippen molar-refractivity contribution >= 4 is 21.6 Å². The average molecular weight is 304 g/mol. The van der Waals surface area contributed by atoms with E-state index in [4.69, 9.17) is 11.6 Å². The van der Waals surface area contributed by atoms with E-state index in [0.717, 1.165) is 31.2 Å². The fourth-order valence-corrected chi connectivity index (χ4v) is 3.06. The molecular formula is C14H22ClNO2S. The second kappa shape index (κ2) is 9.34. The number of rotatable bonds is 10. The van der Waals surface area contributed by atoms with Crippen LogP contribution in [-0.2, 0) is 16.4 Å². The van der Waals surface area contributed by atoms with Crippen LogP contribution < -0.4 is 4.72 Å². The quantitative estimate of drug-likeness (QED) is 0.533. The van der Waals surface area contributed by atoms with Gasteiger partial charge in [0, 0.05) is 12.4 Å². The van der Waals surface area contributed by atoms with E-state index in [0.29, 0.717) is 18.8 Å². The molecular weight excluding hydrogens is 282 g/mol. The van der Waals surface area contributed by atoms with Crippen LogP contribution in [0.5, 0.6) is 0 Å². The SMILES string of the molecule is O=S(=O)(CCc1ccccc1)NCCCCCCCl. The van der Waals surface area contributed by atoms with Crippen LogP contribution >= 0.6 is 11.6 Å². The van der Waals surface area contributed by atoms with Crippen LogP contribution in [0.1, 0.15) is 31.2 Å². The van der Waals surface area contributed by atoms with Crippen LogP contribution in [0.4, 0.5) is 0 Å². The Morgan fingerprint density at radius 3 is 2.37 bits per heavy atom. The maximum atomic E-state index is 11.8. The molecule has 0 saturated heterocycles. The predicted molar refractivity (Wildman–Crippen MR) is 81.1 cm³/mol. The van der Waals surface area contributed by atoms with E-state index in [1.165, 1.54) is 0 Å². The number of sulfonamides is 1. The van der Waals surface area contributed by atoms with Crippen molar-refractivity contribution in [2.45, 2.75) is 32.1 Å². The summed E-state index contributed by atoms with van der Waals surface area (Å²) in [6.07, 6.45) is 4.52. The third-order valence-electron chi connectivity index (χ3n) is 2.88. The van der Waals surface area contributed by atoms with E-state index >= 15 is 0 Å². The first-order chi connectivity index (χ1) is 9.14. The number of alkyl halides is 1. The molecule has 0 heterocycles. The van der Waals surface area contributed by atoms with E-state index in [1.807, 2.05) is 30.3 Å². The molecule has 0 radical (unpaired) electrons. The molecule has 0 aliphatic rings. The van der Waals surface area contributed by atoms with Crippen LogP contribution in [-0.4, -0.2) is 26.6 Å². The van der Waals surface area contributed by atoms with Gasteiger partial charge in [0.05, 0.1) is 5.75 Å². The molecule has 0 aromatic heterocycles. The lowest BCUT2D eigenvalue weighted by Gasteiger charge is -2.06. The molecule has 0 bridgehead atoms. The van der Waals surface area contributed by atoms with Gasteiger partial charge in [-0.3, -0.25) is 0 Å². The van der Waals surface area contributed by atoms with Crippen molar-refractivity contribution in [1.29, 1.82) is 0 Å². The van der Waals surface area contributed by atoms with Gasteiger partial charge in [0.1, 0.15) is 0 Å². The minimum Gasteiger partial charge on any atom is -0.215 e. The first-order valence-corrected chi connectivity index (χ1v) is 8.90. The van der Waals surface area contributed by atoms with Crippen molar-refractivity contribution in [3.63, 3.8) is 0 Å². The Morgan fingerprint density at radius 2 is 1.68 bits per heavy atom. The number of hydrogen-bond acceptors (Lipinski definition) is 2. The van der Waals surface area contributed by atoms with Crippen molar-refractivity contribution in [2.24, 2.45) is 0 Å². The largest absolute Gasteiger partial charge is 0.215 e. The van der Waals surface area contributed by atoms with Crippen LogP contribution in [0.2, 0.25) is 0 Å². The second-order valence-corrected chi connectivity index (χ2v) is 6.86. The Morgan fingerprint density at radius 1 is 1.00 bits per heavy atom. The molecule has 0 aliphatic heterocycles. The summed E-state index contributed by atoms with van der Waals surface area (Å²) in [5.41, 5.74) is 1.05. The topological polar surface area (TPSA) is 46.2 Å². The highest BCUT2D eigenvalue weighted by atomic mass is 35.5. The van der Waals surface area contributed by atoms with Crippen molar-refractivity contribution in [3.8, 4) is 0 Å². The highest BCUT2D eigenvalue weighted by Crippen LogP contribution is 2.03. The summed E-state index contributed by atoms with van der Waals surface area (Å²) < 4.78 is 26.2. The molecule has 3 nitrogen and oxygen atoms in total. The smallest absolute Gasteiger partial charge is 0.211 e. The van der Waals surface area contributed by atoms with Gasteiger partial charge in [0.15, 0.2) is 0 Å². The van der Waals surface area contributed by atoms with E-state index in [1.54, 1.807) is 0 Å². The van der Waals surface area contributed by atoms with Gasteiger partial charge in [0.25, 0.3) is 0 Å². The minimum absolute atomic E-state index is 0.151. The first-order valence-electron chi connectivity index (χ1n) is 6.71. The molecule has 0 spiro atoms. The zero-order chi connectivity index (χ0) is 14.0. The van der Waals surface area contributed by atoms with Gasteiger partial charge in [-0.25, -0.2) is 13.1 Å². The van der Waals surface area contributed by atoms with E-state index in [-0.39, 0.29) is 5.75 Å². The average Bonchev–Trinajstić information content (AvgIpc) is 2.42. The second-order valence-electron chi connectivity index (χ2n) is 4.55. The Bertz CT molecular complexity index is 434. The summed E-state index contributed by atoms with van der Waals surface area (Å²) >= 11 is 5.57. The predicted octanol–water partition coefficient (Wildman–Crippen LogP) is 2.95. The molecule has 0 aliphatic carbocycles. The van der Waals surface area contributed by atoms with Gasteiger partial charge in [-0.05, 0) is 24.8 Å². The molecule has 1 N–H and O–H groups in total. The molecule has 0 amide bonds. The lowest BCUT2D eigenvalue weighted by molar-refractivity contribution is 0.573. The van der Waals surface area contributed by atoms with Crippen molar-refractivity contribution in [3.05, 3.63) is 35.9 Å². The molecule has 1 rings (SSSR count). The number of benzene rings is 1. The molecule has 0 saturated carbocycles. The summed E-state index contributed by atoms with van der Waals surface area (Å²) in [6.45, 7) is 0.527. The zero-order valence-electron chi connectivity index (χ0n) is 11.1. The van der Waals surface area contributed by atoms with E-state index in [9.17, 15) is 8.42 Å². The third-order valence-corrected chi connectivity index (χ3v) is 4.54. The normalized spacial score (nSPS) is 11.6. The van der Waals surface area contributed by atoms with Crippen LogP contribution in [0.15, 0.2) is 30.3 Å². The third kappa shape index (κ3) is 8.24. The fourth-order valence-electron chi connectivity index (χ4n) is 1.77. The van der Waals surface area contributed by atoms with Gasteiger partial charge < -0.3 is 0 Å².